The predicted octanol–water partition coefficient (Wildman–Crippen LogP) is 4.45. The number of anilines is 2. The molecule has 2 heterocycles. The number of methoxy groups -OCH3 is 1. The monoisotopic (exact) mass is 583 g/mol. The van der Waals surface area contributed by atoms with Crippen molar-refractivity contribution >= 4 is 60.7 Å². The minimum absolute atomic E-state index is 0.0417. The Morgan fingerprint density at radius 3 is 2.71 bits per heavy atom. The Morgan fingerprint density at radius 2 is 2.00 bits per heavy atom. The first kappa shape index (κ1) is 25.9. The topological polar surface area (TPSA) is 96.0 Å². The number of piperidine rings is 1. The fourth-order valence-corrected chi connectivity index (χ4v) is 7.25. The normalized spacial score (nSPS) is 18.3. The van der Waals surface area contributed by atoms with Gasteiger partial charge in [0.1, 0.15) is 10.6 Å². The molecule has 1 saturated heterocycles. The summed E-state index contributed by atoms with van der Waals surface area (Å²) in [7, 11) is -2.46. The first-order valence-electron chi connectivity index (χ1n) is 11.4. The maximum absolute atomic E-state index is 13.8. The van der Waals surface area contributed by atoms with Gasteiger partial charge in [0.05, 0.1) is 24.4 Å². The Morgan fingerprint density at radius 1 is 1.23 bits per heavy atom. The third-order valence-corrected chi connectivity index (χ3v) is 8.96. The highest BCUT2D eigenvalue weighted by atomic mass is 79.9. The van der Waals surface area contributed by atoms with Gasteiger partial charge < -0.3 is 15.0 Å². The molecular formula is C24H27BrClN3O5S. The minimum Gasteiger partial charge on any atom is -0.495 e. The van der Waals surface area contributed by atoms with Gasteiger partial charge >= 0.3 is 0 Å². The summed E-state index contributed by atoms with van der Waals surface area (Å²) in [6.45, 7) is 2.55. The average molecular weight is 585 g/mol. The van der Waals surface area contributed by atoms with Gasteiger partial charge in [-0.15, -0.1) is 0 Å². The lowest BCUT2D eigenvalue weighted by atomic mass is 9.98. The van der Waals surface area contributed by atoms with Crippen LogP contribution in [-0.2, 0) is 26.0 Å². The van der Waals surface area contributed by atoms with Crippen molar-refractivity contribution in [3.63, 3.8) is 0 Å². The molecular weight excluding hydrogens is 558 g/mol. The highest BCUT2D eigenvalue weighted by molar-refractivity contribution is 9.10. The van der Waals surface area contributed by atoms with E-state index in [9.17, 15) is 18.0 Å². The number of benzene rings is 2. The van der Waals surface area contributed by atoms with Crippen LogP contribution in [-0.4, -0.2) is 51.3 Å². The fourth-order valence-electron chi connectivity index (χ4n) is 4.63. The molecule has 188 valence electrons. The standard InChI is InChI=1S/C24H27BrClN3O5S/c1-3-22(30)29-10-8-15-11-17(25)12-21(23(15)29)35(32,33)28-9-4-5-16(14-28)24(31)27-19-13-18(26)6-7-20(19)34-2/h6-7,11-13,16H,3-5,8-10,14H2,1-2H3,(H,27,31)/t16-/m1/s1. The summed E-state index contributed by atoms with van der Waals surface area (Å²) < 4.78 is 34.9. The van der Waals surface area contributed by atoms with Gasteiger partial charge in [-0.25, -0.2) is 8.42 Å². The maximum Gasteiger partial charge on any atom is 0.245 e. The molecule has 0 saturated carbocycles. The molecule has 0 unspecified atom stereocenters. The zero-order chi connectivity index (χ0) is 25.3. The predicted molar refractivity (Wildman–Crippen MR) is 139 cm³/mol. The number of hydrogen-bond donors (Lipinski definition) is 1. The lowest BCUT2D eigenvalue weighted by Gasteiger charge is -2.32. The van der Waals surface area contributed by atoms with Crippen LogP contribution in [0.2, 0.25) is 5.02 Å². The highest BCUT2D eigenvalue weighted by Gasteiger charge is 2.38. The smallest absolute Gasteiger partial charge is 0.245 e. The number of halogens is 2. The Bertz CT molecular complexity index is 1270. The Balaban J connectivity index is 1.60. The maximum atomic E-state index is 13.8. The molecule has 2 aliphatic rings. The Labute approximate surface area is 218 Å². The molecule has 8 nitrogen and oxygen atoms in total. The first-order valence-corrected chi connectivity index (χ1v) is 14.0. The number of hydrogen-bond acceptors (Lipinski definition) is 5. The summed E-state index contributed by atoms with van der Waals surface area (Å²) in [5, 5.41) is 3.28. The molecule has 0 aliphatic carbocycles. The Hall–Kier alpha value is -2.14. The van der Waals surface area contributed by atoms with Crippen LogP contribution in [0.25, 0.3) is 0 Å². The van der Waals surface area contributed by atoms with Gasteiger partial charge in [-0.2, -0.15) is 4.31 Å². The molecule has 2 aromatic rings. The third kappa shape index (κ3) is 5.21. The molecule has 1 fully saturated rings. The van der Waals surface area contributed by atoms with E-state index >= 15 is 0 Å². The number of nitrogens with one attached hydrogen (secondary N) is 1. The number of amides is 2. The van der Waals surface area contributed by atoms with E-state index in [1.54, 1.807) is 36.1 Å². The van der Waals surface area contributed by atoms with E-state index in [0.29, 0.717) is 59.0 Å². The molecule has 1 atom stereocenters. The summed E-state index contributed by atoms with van der Waals surface area (Å²) >= 11 is 9.50. The van der Waals surface area contributed by atoms with E-state index in [-0.39, 0.29) is 29.7 Å². The SMILES string of the molecule is CCC(=O)N1CCc2cc(Br)cc(S(=O)(=O)N3CCC[C@@H](C(=O)Nc4cc(Cl)ccc4OC)C3)c21. The van der Waals surface area contributed by atoms with Crippen LogP contribution in [0.4, 0.5) is 11.4 Å². The van der Waals surface area contributed by atoms with Crippen molar-refractivity contribution in [1.29, 1.82) is 0 Å². The van der Waals surface area contributed by atoms with E-state index in [4.69, 9.17) is 16.3 Å². The molecule has 2 amide bonds. The summed E-state index contributed by atoms with van der Waals surface area (Å²) in [6.07, 6.45) is 1.97. The third-order valence-electron chi connectivity index (χ3n) is 6.39. The number of carbonyl (C=O) groups is 2. The summed E-state index contributed by atoms with van der Waals surface area (Å²) in [5.74, 6) is -0.495. The first-order chi connectivity index (χ1) is 16.6. The van der Waals surface area contributed by atoms with Crippen LogP contribution in [0.3, 0.4) is 0 Å². The largest absolute Gasteiger partial charge is 0.495 e. The molecule has 0 aromatic heterocycles. The quantitative estimate of drug-likeness (QED) is 0.541. The second-order valence-electron chi connectivity index (χ2n) is 8.60. The molecule has 2 aromatic carbocycles. The molecule has 35 heavy (non-hydrogen) atoms. The van der Waals surface area contributed by atoms with Crippen LogP contribution in [0.1, 0.15) is 31.7 Å². The zero-order valence-electron chi connectivity index (χ0n) is 19.5. The molecule has 0 spiro atoms. The number of fused-ring (bicyclic) bond motifs is 1. The number of rotatable bonds is 6. The van der Waals surface area contributed by atoms with Crippen LogP contribution in [0.15, 0.2) is 39.7 Å². The summed E-state index contributed by atoms with van der Waals surface area (Å²) in [6, 6.07) is 8.33. The van der Waals surface area contributed by atoms with Gasteiger partial charge in [0.25, 0.3) is 0 Å². The van der Waals surface area contributed by atoms with Crippen molar-refractivity contribution in [3.8, 4) is 5.75 Å². The molecule has 0 bridgehead atoms. The molecule has 4 rings (SSSR count). The van der Waals surface area contributed by atoms with Crippen LogP contribution >= 0.6 is 27.5 Å². The van der Waals surface area contributed by atoms with Gasteiger partial charge in [0, 0.05) is 35.6 Å². The van der Waals surface area contributed by atoms with Crippen molar-refractivity contribution in [1.82, 2.24) is 4.31 Å². The lowest BCUT2D eigenvalue weighted by Crippen LogP contribution is -2.44. The summed E-state index contributed by atoms with van der Waals surface area (Å²) in [5.41, 5.74) is 1.71. The van der Waals surface area contributed by atoms with Crippen LogP contribution in [0.5, 0.6) is 5.75 Å². The van der Waals surface area contributed by atoms with Crippen LogP contribution < -0.4 is 15.0 Å². The minimum atomic E-state index is -3.96. The van der Waals surface area contributed by atoms with Gasteiger partial charge in [-0.1, -0.05) is 34.5 Å². The second kappa shape index (κ2) is 10.5. The number of sulfonamides is 1. The van der Waals surface area contributed by atoms with Crippen molar-refractivity contribution < 1.29 is 22.7 Å². The van der Waals surface area contributed by atoms with E-state index in [2.05, 4.69) is 21.2 Å². The average Bonchev–Trinajstić information content (AvgIpc) is 3.26. The zero-order valence-corrected chi connectivity index (χ0v) is 22.7. The summed E-state index contributed by atoms with van der Waals surface area (Å²) in [4.78, 5) is 27.3. The van der Waals surface area contributed by atoms with E-state index in [1.807, 2.05) is 6.07 Å². The molecule has 11 heteroatoms. The molecule has 0 radical (unpaired) electrons. The van der Waals surface area contributed by atoms with E-state index in [1.165, 1.54) is 11.4 Å². The van der Waals surface area contributed by atoms with Gasteiger partial charge in [0.2, 0.25) is 21.8 Å². The number of nitrogens with zero attached hydrogens (tertiary/aromatic N) is 2. The van der Waals surface area contributed by atoms with E-state index < -0.39 is 15.9 Å². The van der Waals surface area contributed by atoms with Gasteiger partial charge in [-0.05, 0) is 55.2 Å². The number of ether oxygens (including phenoxy) is 1. The van der Waals surface area contributed by atoms with Crippen molar-refractivity contribution in [3.05, 3.63) is 45.4 Å². The molecule has 2 aliphatic heterocycles. The van der Waals surface area contributed by atoms with Gasteiger partial charge in [0.15, 0.2) is 0 Å². The van der Waals surface area contributed by atoms with Gasteiger partial charge in [-0.3, -0.25) is 9.59 Å². The molecule has 1 N–H and O–H groups in total. The van der Waals surface area contributed by atoms with Crippen molar-refractivity contribution in [2.24, 2.45) is 5.92 Å². The fraction of sp³-hybridized carbons (Fsp3) is 0.417. The van der Waals surface area contributed by atoms with Crippen molar-refractivity contribution in [2.75, 3.05) is 37.0 Å². The Kier molecular flexibility index (Phi) is 7.75. The van der Waals surface area contributed by atoms with Crippen molar-refractivity contribution in [2.45, 2.75) is 37.5 Å². The number of carbonyl (C=O) groups excluding carboxylic acids is 2. The van der Waals surface area contributed by atoms with E-state index in [0.717, 1.165) is 5.56 Å². The van der Waals surface area contributed by atoms with Crippen LogP contribution in [0, 0.1) is 5.92 Å². The lowest BCUT2D eigenvalue weighted by molar-refractivity contribution is -0.121. The second-order valence-corrected chi connectivity index (χ2v) is 11.9. The highest BCUT2D eigenvalue weighted by Crippen LogP contribution is 2.40.